The molecule has 0 aromatic rings. The van der Waals surface area contributed by atoms with Crippen molar-refractivity contribution in [2.24, 2.45) is 5.92 Å². The van der Waals surface area contributed by atoms with Crippen LogP contribution in [0.1, 0.15) is 41.0 Å². The Hall–Kier alpha value is -1.30. The first-order valence-electron chi connectivity index (χ1n) is 7.01. The largest absolute Gasteiger partial charge is 0.444 e. The van der Waals surface area contributed by atoms with Gasteiger partial charge in [0.15, 0.2) is 0 Å². The van der Waals surface area contributed by atoms with Crippen LogP contribution in [0.3, 0.4) is 0 Å². The number of hydrogen-bond donors (Lipinski definition) is 2. The monoisotopic (exact) mass is 286 g/mol. The summed E-state index contributed by atoms with van der Waals surface area (Å²) in [5, 5.41) is 12.5. The van der Waals surface area contributed by atoms with Crippen LogP contribution in [-0.2, 0) is 9.53 Å². The Labute approximate surface area is 120 Å². The van der Waals surface area contributed by atoms with E-state index in [1.807, 2.05) is 0 Å². The van der Waals surface area contributed by atoms with E-state index in [1.54, 1.807) is 32.6 Å². The number of alkyl carbamates (subject to hydrolysis) is 1. The molecule has 1 aliphatic rings. The highest BCUT2D eigenvalue weighted by Gasteiger charge is 2.32. The standard InChI is InChI=1S/C14H26N2O4/c1-9(17)11-6-12(8-16(7-11)10(2)18)15-13(19)20-14(3,4)5/h9,11-12,17H,6-8H2,1-5H3,(H,15,19). The fourth-order valence-corrected chi connectivity index (χ4v) is 2.32. The fraction of sp³-hybridized carbons (Fsp3) is 0.857. The van der Waals surface area contributed by atoms with Crippen LogP contribution >= 0.6 is 0 Å². The summed E-state index contributed by atoms with van der Waals surface area (Å²) in [6, 6.07) is -0.193. The van der Waals surface area contributed by atoms with Crippen LogP contribution in [0, 0.1) is 5.92 Å². The molecule has 0 saturated carbocycles. The topological polar surface area (TPSA) is 78.9 Å². The third-order valence-corrected chi connectivity index (χ3v) is 3.33. The number of ether oxygens (including phenoxy) is 1. The molecule has 2 amide bonds. The Balaban J connectivity index is 2.63. The molecule has 20 heavy (non-hydrogen) atoms. The molecule has 1 rings (SSSR count). The number of piperidine rings is 1. The lowest BCUT2D eigenvalue weighted by Crippen LogP contribution is -2.54. The molecule has 0 aromatic carbocycles. The van der Waals surface area contributed by atoms with E-state index < -0.39 is 17.8 Å². The fourth-order valence-electron chi connectivity index (χ4n) is 2.32. The lowest BCUT2D eigenvalue weighted by Gasteiger charge is -2.38. The Morgan fingerprint density at radius 2 is 1.95 bits per heavy atom. The first-order chi connectivity index (χ1) is 9.08. The lowest BCUT2D eigenvalue weighted by molar-refractivity contribution is -0.132. The van der Waals surface area contributed by atoms with Gasteiger partial charge in [-0.05, 0) is 34.1 Å². The number of carbonyl (C=O) groups is 2. The molecule has 0 spiro atoms. The molecule has 116 valence electrons. The van der Waals surface area contributed by atoms with Crippen molar-refractivity contribution in [3.8, 4) is 0 Å². The van der Waals surface area contributed by atoms with Gasteiger partial charge in [0.05, 0.1) is 12.1 Å². The summed E-state index contributed by atoms with van der Waals surface area (Å²) in [5.41, 5.74) is -0.553. The van der Waals surface area contributed by atoms with E-state index in [-0.39, 0.29) is 17.9 Å². The minimum Gasteiger partial charge on any atom is -0.444 e. The van der Waals surface area contributed by atoms with E-state index in [9.17, 15) is 14.7 Å². The molecule has 1 aliphatic heterocycles. The van der Waals surface area contributed by atoms with Crippen LogP contribution < -0.4 is 5.32 Å². The molecule has 0 aromatic heterocycles. The van der Waals surface area contributed by atoms with Crippen LogP contribution in [0.5, 0.6) is 0 Å². The molecular weight excluding hydrogens is 260 g/mol. The van der Waals surface area contributed by atoms with E-state index in [4.69, 9.17) is 4.74 Å². The van der Waals surface area contributed by atoms with Gasteiger partial charge in [-0.1, -0.05) is 0 Å². The predicted octanol–water partition coefficient (Wildman–Crippen LogP) is 1.13. The second kappa shape index (κ2) is 6.43. The summed E-state index contributed by atoms with van der Waals surface area (Å²) in [7, 11) is 0. The molecule has 0 aliphatic carbocycles. The van der Waals surface area contributed by atoms with E-state index in [0.717, 1.165) is 0 Å². The maximum absolute atomic E-state index is 11.8. The summed E-state index contributed by atoms with van der Waals surface area (Å²) in [6.07, 6.45) is -0.363. The van der Waals surface area contributed by atoms with E-state index >= 15 is 0 Å². The van der Waals surface area contributed by atoms with Gasteiger partial charge in [-0.25, -0.2) is 4.79 Å². The zero-order valence-corrected chi connectivity index (χ0v) is 13.0. The Bertz CT molecular complexity index is 363. The number of nitrogens with one attached hydrogen (secondary N) is 1. The maximum atomic E-state index is 11.8. The van der Waals surface area contributed by atoms with Gasteiger partial charge < -0.3 is 20.1 Å². The van der Waals surface area contributed by atoms with E-state index in [0.29, 0.717) is 19.5 Å². The zero-order chi connectivity index (χ0) is 15.5. The number of carbonyl (C=O) groups excluding carboxylic acids is 2. The molecule has 1 fully saturated rings. The van der Waals surface area contributed by atoms with Gasteiger partial charge in [0.25, 0.3) is 0 Å². The number of hydrogen-bond acceptors (Lipinski definition) is 4. The third kappa shape index (κ3) is 5.36. The van der Waals surface area contributed by atoms with Gasteiger partial charge in [0.2, 0.25) is 5.91 Å². The predicted molar refractivity (Wildman–Crippen MR) is 75.2 cm³/mol. The van der Waals surface area contributed by atoms with Crippen molar-refractivity contribution < 1.29 is 19.4 Å². The third-order valence-electron chi connectivity index (χ3n) is 3.33. The van der Waals surface area contributed by atoms with Gasteiger partial charge in [0.1, 0.15) is 5.60 Å². The van der Waals surface area contributed by atoms with Gasteiger partial charge in [-0.2, -0.15) is 0 Å². The second-order valence-electron chi connectivity index (χ2n) is 6.50. The molecule has 1 saturated heterocycles. The van der Waals surface area contributed by atoms with Crippen LogP contribution in [-0.4, -0.2) is 52.8 Å². The van der Waals surface area contributed by atoms with Gasteiger partial charge >= 0.3 is 6.09 Å². The second-order valence-corrected chi connectivity index (χ2v) is 6.50. The molecule has 3 atom stereocenters. The van der Waals surface area contributed by atoms with Gasteiger partial charge in [0, 0.05) is 25.9 Å². The molecule has 1 heterocycles. The first kappa shape index (κ1) is 16.8. The zero-order valence-electron chi connectivity index (χ0n) is 13.0. The number of rotatable bonds is 2. The van der Waals surface area contributed by atoms with Crippen molar-refractivity contribution in [3.05, 3.63) is 0 Å². The molecule has 3 unspecified atom stereocenters. The smallest absolute Gasteiger partial charge is 0.407 e. The number of likely N-dealkylation sites (tertiary alicyclic amines) is 1. The van der Waals surface area contributed by atoms with Crippen molar-refractivity contribution in [1.82, 2.24) is 10.2 Å². The molecule has 6 heteroatoms. The SMILES string of the molecule is CC(=O)N1CC(NC(=O)OC(C)(C)C)CC(C(C)O)C1. The highest BCUT2D eigenvalue weighted by molar-refractivity contribution is 5.73. The lowest BCUT2D eigenvalue weighted by atomic mass is 9.90. The van der Waals surface area contributed by atoms with E-state index in [2.05, 4.69) is 5.32 Å². The highest BCUT2D eigenvalue weighted by atomic mass is 16.6. The Morgan fingerprint density at radius 1 is 1.35 bits per heavy atom. The highest BCUT2D eigenvalue weighted by Crippen LogP contribution is 2.21. The summed E-state index contributed by atoms with van der Waals surface area (Å²) in [5.74, 6) is -0.0843. The van der Waals surface area contributed by atoms with Crippen molar-refractivity contribution in [2.45, 2.75) is 58.8 Å². The van der Waals surface area contributed by atoms with E-state index in [1.165, 1.54) is 6.92 Å². The Morgan fingerprint density at radius 3 is 2.40 bits per heavy atom. The van der Waals surface area contributed by atoms with Crippen molar-refractivity contribution >= 4 is 12.0 Å². The van der Waals surface area contributed by atoms with Crippen molar-refractivity contribution in [3.63, 3.8) is 0 Å². The summed E-state index contributed by atoms with van der Waals surface area (Å²) < 4.78 is 5.22. The molecule has 0 bridgehead atoms. The minimum absolute atomic E-state index is 0.0346. The van der Waals surface area contributed by atoms with Gasteiger partial charge in [-0.15, -0.1) is 0 Å². The van der Waals surface area contributed by atoms with Crippen LogP contribution in [0.25, 0.3) is 0 Å². The Kier molecular flexibility index (Phi) is 5.39. The first-order valence-corrected chi connectivity index (χ1v) is 7.01. The summed E-state index contributed by atoms with van der Waals surface area (Å²) in [6.45, 7) is 9.58. The molecular formula is C14H26N2O4. The van der Waals surface area contributed by atoms with Crippen LogP contribution in [0.2, 0.25) is 0 Å². The molecule has 6 nitrogen and oxygen atoms in total. The average Bonchev–Trinajstić information content (AvgIpc) is 2.25. The normalized spacial score (nSPS) is 25.0. The van der Waals surface area contributed by atoms with Crippen LogP contribution in [0.15, 0.2) is 0 Å². The maximum Gasteiger partial charge on any atom is 0.407 e. The summed E-state index contributed by atoms with van der Waals surface area (Å²) in [4.78, 5) is 25.0. The molecule has 2 N–H and O–H groups in total. The van der Waals surface area contributed by atoms with Crippen LogP contribution in [0.4, 0.5) is 4.79 Å². The minimum atomic E-state index is -0.553. The van der Waals surface area contributed by atoms with Gasteiger partial charge in [-0.3, -0.25) is 4.79 Å². The van der Waals surface area contributed by atoms with Crippen molar-refractivity contribution in [1.29, 1.82) is 0 Å². The quantitative estimate of drug-likeness (QED) is 0.797. The number of aliphatic hydroxyl groups is 1. The number of nitrogens with zero attached hydrogens (tertiary/aromatic N) is 1. The summed E-state index contributed by atoms with van der Waals surface area (Å²) >= 11 is 0. The average molecular weight is 286 g/mol. The van der Waals surface area contributed by atoms with Crippen molar-refractivity contribution in [2.75, 3.05) is 13.1 Å². The number of aliphatic hydroxyl groups excluding tert-OH is 1. The number of amides is 2. The molecule has 0 radical (unpaired) electrons.